The minimum atomic E-state index is -0.478. The molecule has 0 fully saturated rings. The average Bonchev–Trinajstić information content (AvgIpc) is 2.46. The maximum absolute atomic E-state index is 12.3. The zero-order chi connectivity index (χ0) is 15.4. The Morgan fingerprint density at radius 1 is 1.00 bits per heavy atom. The number of unbranched alkanes of at least 4 members (excludes halogenated alkanes) is 3. The van der Waals surface area contributed by atoms with Crippen LogP contribution in [0.3, 0.4) is 0 Å². The van der Waals surface area contributed by atoms with Gasteiger partial charge in [0.05, 0.1) is 16.8 Å². The van der Waals surface area contributed by atoms with Gasteiger partial charge in [-0.05, 0) is 18.6 Å². The van der Waals surface area contributed by atoms with Crippen LogP contribution in [-0.4, -0.2) is 28.3 Å². The van der Waals surface area contributed by atoms with Crippen LogP contribution >= 0.6 is 0 Å². The fourth-order valence-electron chi connectivity index (χ4n) is 2.37. The van der Waals surface area contributed by atoms with Gasteiger partial charge in [0.2, 0.25) is 5.78 Å². The fraction of sp³-hybridized carbons (Fsp3) is 0.375. The number of hydrogen-bond acceptors (Lipinski definition) is 5. The van der Waals surface area contributed by atoms with Crippen LogP contribution in [0.2, 0.25) is 0 Å². The predicted molar refractivity (Wildman–Crippen MR) is 78.7 cm³/mol. The van der Waals surface area contributed by atoms with Crippen LogP contribution in [0.5, 0.6) is 11.5 Å². The van der Waals surface area contributed by atoms with E-state index < -0.39 is 11.6 Å². The van der Waals surface area contributed by atoms with Gasteiger partial charge in [0.1, 0.15) is 11.5 Å². The molecular weight excluding hydrogens is 270 g/mol. The van der Waals surface area contributed by atoms with Crippen molar-refractivity contribution in [1.29, 1.82) is 0 Å². The summed E-state index contributed by atoms with van der Waals surface area (Å²) in [4.78, 5) is 24.3. The number of rotatable bonds is 6. The highest BCUT2D eigenvalue weighted by Gasteiger charge is 2.30. The van der Waals surface area contributed by atoms with Crippen LogP contribution in [0.25, 0.3) is 0 Å². The number of carbonyl (C=O) groups is 2. The van der Waals surface area contributed by atoms with Crippen LogP contribution in [0.4, 0.5) is 0 Å². The highest BCUT2D eigenvalue weighted by molar-refractivity contribution is 6.26. The van der Waals surface area contributed by atoms with Crippen molar-refractivity contribution in [1.82, 2.24) is 5.32 Å². The predicted octanol–water partition coefficient (Wildman–Crippen LogP) is 2.53. The van der Waals surface area contributed by atoms with Gasteiger partial charge in [0, 0.05) is 12.6 Å². The minimum absolute atomic E-state index is 0.126. The molecule has 5 heteroatoms. The molecule has 1 aliphatic rings. The molecule has 1 aliphatic carbocycles. The summed E-state index contributed by atoms with van der Waals surface area (Å²) in [5, 5.41) is 22.4. The number of benzene rings is 1. The number of fused-ring (bicyclic) bond motifs is 1. The van der Waals surface area contributed by atoms with Gasteiger partial charge in [0.15, 0.2) is 5.78 Å². The number of hydrogen-bond donors (Lipinski definition) is 3. The molecule has 0 aliphatic heterocycles. The SMILES string of the molecule is CCCCCCNC1=CC(=O)c2c(O)ccc(O)c2C1=O. The Hall–Kier alpha value is -2.30. The first-order chi connectivity index (χ1) is 10.1. The zero-order valence-electron chi connectivity index (χ0n) is 12.0. The fourth-order valence-corrected chi connectivity index (χ4v) is 2.37. The number of phenolic OH excluding ortho intramolecular Hbond substituents is 2. The summed E-state index contributed by atoms with van der Waals surface area (Å²) in [6, 6.07) is 2.42. The van der Waals surface area contributed by atoms with E-state index in [4.69, 9.17) is 0 Å². The van der Waals surface area contributed by atoms with E-state index in [0.29, 0.717) is 6.54 Å². The van der Waals surface area contributed by atoms with E-state index in [1.165, 1.54) is 18.2 Å². The first kappa shape index (κ1) is 15.1. The van der Waals surface area contributed by atoms with Gasteiger partial charge in [-0.1, -0.05) is 26.2 Å². The molecule has 0 spiro atoms. The molecule has 1 aromatic carbocycles. The Bertz CT molecular complexity index is 605. The molecule has 0 bridgehead atoms. The summed E-state index contributed by atoms with van der Waals surface area (Å²) in [5.74, 6) is -1.53. The molecule has 0 amide bonds. The van der Waals surface area contributed by atoms with E-state index in [1.807, 2.05) is 0 Å². The molecule has 5 nitrogen and oxygen atoms in total. The van der Waals surface area contributed by atoms with E-state index in [9.17, 15) is 19.8 Å². The number of ketones is 2. The van der Waals surface area contributed by atoms with Crippen LogP contribution in [0.1, 0.15) is 53.3 Å². The van der Waals surface area contributed by atoms with Crippen molar-refractivity contribution in [3.8, 4) is 11.5 Å². The minimum Gasteiger partial charge on any atom is -0.507 e. The van der Waals surface area contributed by atoms with E-state index in [-0.39, 0.29) is 28.3 Å². The van der Waals surface area contributed by atoms with Crippen molar-refractivity contribution in [2.45, 2.75) is 32.6 Å². The molecule has 3 N–H and O–H groups in total. The normalized spacial score (nSPS) is 13.9. The second kappa shape index (κ2) is 6.43. The molecule has 0 heterocycles. The van der Waals surface area contributed by atoms with Gasteiger partial charge in [0.25, 0.3) is 0 Å². The number of carbonyl (C=O) groups excluding carboxylic acids is 2. The van der Waals surface area contributed by atoms with E-state index >= 15 is 0 Å². The first-order valence-electron chi connectivity index (χ1n) is 7.15. The van der Waals surface area contributed by atoms with Crippen molar-refractivity contribution in [2.24, 2.45) is 0 Å². The molecule has 2 rings (SSSR count). The van der Waals surface area contributed by atoms with Crippen LogP contribution in [-0.2, 0) is 0 Å². The Balaban J connectivity index is 2.15. The summed E-state index contributed by atoms with van der Waals surface area (Å²) in [6.07, 6.45) is 5.41. The largest absolute Gasteiger partial charge is 0.507 e. The lowest BCUT2D eigenvalue weighted by atomic mass is 9.91. The smallest absolute Gasteiger partial charge is 0.213 e. The van der Waals surface area contributed by atoms with Crippen molar-refractivity contribution < 1.29 is 19.8 Å². The second-order valence-electron chi connectivity index (χ2n) is 5.09. The van der Waals surface area contributed by atoms with Crippen LogP contribution in [0, 0.1) is 0 Å². The van der Waals surface area contributed by atoms with E-state index in [1.54, 1.807) is 0 Å². The number of allylic oxidation sites excluding steroid dienone is 2. The molecule has 0 atom stereocenters. The molecule has 0 saturated carbocycles. The van der Waals surface area contributed by atoms with Crippen LogP contribution in [0.15, 0.2) is 23.9 Å². The Morgan fingerprint density at radius 2 is 1.67 bits per heavy atom. The third kappa shape index (κ3) is 3.07. The lowest BCUT2D eigenvalue weighted by Crippen LogP contribution is -2.27. The van der Waals surface area contributed by atoms with E-state index in [0.717, 1.165) is 25.7 Å². The van der Waals surface area contributed by atoms with Crippen molar-refractivity contribution in [2.75, 3.05) is 6.54 Å². The molecule has 0 unspecified atom stereocenters. The Morgan fingerprint density at radius 3 is 2.33 bits per heavy atom. The Labute approximate surface area is 123 Å². The van der Waals surface area contributed by atoms with Crippen molar-refractivity contribution in [3.63, 3.8) is 0 Å². The number of Topliss-reactive ketones (excluding diaryl/α,β-unsaturated/α-hetero) is 1. The number of nitrogens with one attached hydrogen (secondary N) is 1. The monoisotopic (exact) mass is 289 g/mol. The molecule has 0 radical (unpaired) electrons. The summed E-state index contributed by atoms with van der Waals surface area (Å²) in [7, 11) is 0. The average molecular weight is 289 g/mol. The molecular formula is C16H19NO4. The lowest BCUT2D eigenvalue weighted by Gasteiger charge is -2.18. The summed E-state index contributed by atoms with van der Waals surface area (Å²) < 4.78 is 0. The molecule has 112 valence electrons. The summed E-state index contributed by atoms with van der Waals surface area (Å²) in [5.41, 5.74) is -0.0833. The zero-order valence-corrected chi connectivity index (χ0v) is 12.0. The van der Waals surface area contributed by atoms with Gasteiger partial charge in [-0.15, -0.1) is 0 Å². The second-order valence-corrected chi connectivity index (χ2v) is 5.09. The maximum atomic E-state index is 12.3. The van der Waals surface area contributed by atoms with Gasteiger partial charge in [-0.25, -0.2) is 0 Å². The quantitative estimate of drug-likeness (QED) is 0.553. The molecule has 21 heavy (non-hydrogen) atoms. The standard InChI is InChI=1S/C16H19NO4/c1-2-3-4-5-8-17-10-9-13(20)14-11(18)6-7-12(19)15(14)16(10)21/h6-7,9,17-19H,2-5,8H2,1H3. The first-order valence-corrected chi connectivity index (χ1v) is 7.15. The highest BCUT2D eigenvalue weighted by Crippen LogP contribution is 2.33. The topological polar surface area (TPSA) is 86.6 Å². The number of phenols is 2. The van der Waals surface area contributed by atoms with Crippen molar-refractivity contribution >= 4 is 11.6 Å². The highest BCUT2D eigenvalue weighted by atomic mass is 16.3. The van der Waals surface area contributed by atoms with Gasteiger partial charge < -0.3 is 15.5 Å². The van der Waals surface area contributed by atoms with Gasteiger partial charge in [-0.3, -0.25) is 9.59 Å². The molecule has 1 aromatic rings. The van der Waals surface area contributed by atoms with Gasteiger partial charge in [-0.2, -0.15) is 0 Å². The third-order valence-corrected chi connectivity index (χ3v) is 3.50. The third-order valence-electron chi connectivity index (χ3n) is 3.50. The molecule has 0 aromatic heterocycles. The molecule has 0 saturated heterocycles. The summed E-state index contributed by atoms with van der Waals surface area (Å²) in [6.45, 7) is 2.71. The summed E-state index contributed by atoms with van der Waals surface area (Å²) >= 11 is 0. The van der Waals surface area contributed by atoms with Crippen LogP contribution < -0.4 is 5.32 Å². The maximum Gasteiger partial charge on any atom is 0.213 e. The Kier molecular flexibility index (Phi) is 4.62. The van der Waals surface area contributed by atoms with Crippen molar-refractivity contribution in [3.05, 3.63) is 35.0 Å². The van der Waals surface area contributed by atoms with E-state index in [2.05, 4.69) is 12.2 Å². The lowest BCUT2D eigenvalue weighted by molar-refractivity contribution is 0.0973. The van der Waals surface area contributed by atoms with Gasteiger partial charge >= 0.3 is 0 Å². The number of aromatic hydroxyl groups is 2.